The molecule has 0 spiro atoms. The standard InChI is InChI=1S/C12H25NO3/c1-4-6-9(14)8-13-10-7-11(16-5-2)12(10)15-3/h9-14H,4-8H2,1-3H3. The summed E-state index contributed by atoms with van der Waals surface area (Å²) in [5.74, 6) is 0. The summed E-state index contributed by atoms with van der Waals surface area (Å²) in [7, 11) is 1.72. The van der Waals surface area contributed by atoms with E-state index in [0.717, 1.165) is 25.9 Å². The molecule has 0 bridgehead atoms. The molecule has 1 aliphatic carbocycles. The molecule has 0 aromatic carbocycles. The Kier molecular flexibility index (Phi) is 6.28. The number of rotatable bonds is 8. The van der Waals surface area contributed by atoms with Gasteiger partial charge in [-0.15, -0.1) is 0 Å². The van der Waals surface area contributed by atoms with Crippen molar-refractivity contribution in [2.45, 2.75) is 57.5 Å². The van der Waals surface area contributed by atoms with E-state index in [4.69, 9.17) is 9.47 Å². The highest BCUT2D eigenvalue weighted by atomic mass is 16.5. The van der Waals surface area contributed by atoms with Crippen LogP contribution in [0.3, 0.4) is 0 Å². The Labute approximate surface area is 98.3 Å². The molecule has 0 aliphatic heterocycles. The molecule has 0 aromatic heterocycles. The van der Waals surface area contributed by atoms with E-state index in [2.05, 4.69) is 12.2 Å². The van der Waals surface area contributed by atoms with Crippen LogP contribution in [-0.4, -0.2) is 49.7 Å². The Hall–Kier alpha value is -0.160. The van der Waals surface area contributed by atoms with Crippen molar-refractivity contribution in [3.05, 3.63) is 0 Å². The van der Waals surface area contributed by atoms with Gasteiger partial charge in [0.15, 0.2) is 0 Å². The Morgan fingerprint density at radius 3 is 2.75 bits per heavy atom. The summed E-state index contributed by atoms with van der Waals surface area (Å²) >= 11 is 0. The largest absolute Gasteiger partial charge is 0.392 e. The lowest BCUT2D eigenvalue weighted by molar-refractivity contribution is -0.132. The summed E-state index contributed by atoms with van der Waals surface area (Å²) in [6.07, 6.45) is 2.96. The van der Waals surface area contributed by atoms with Crippen LogP contribution >= 0.6 is 0 Å². The lowest BCUT2D eigenvalue weighted by Crippen LogP contribution is -2.60. The maximum atomic E-state index is 9.61. The fraction of sp³-hybridized carbons (Fsp3) is 1.00. The average Bonchev–Trinajstić information content (AvgIpc) is 2.23. The molecule has 1 saturated carbocycles. The molecule has 0 amide bonds. The van der Waals surface area contributed by atoms with E-state index in [1.807, 2.05) is 6.92 Å². The maximum absolute atomic E-state index is 9.61. The third-order valence-corrected chi connectivity index (χ3v) is 3.14. The van der Waals surface area contributed by atoms with Crippen molar-refractivity contribution in [3.8, 4) is 0 Å². The van der Waals surface area contributed by atoms with Gasteiger partial charge in [-0.2, -0.15) is 0 Å². The summed E-state index contributed by atoms with van der Waals surface area (Å²) in [5, 5.41) is 12.9. The summed E-state index contributed by atoms with van der Waals surface area (Å²) in [5.41, 5.74) is 0. The molecule has 4 atom stereocenters. The molecule has 16 heavy (non-hydrogen) atoms. The first-order valence-electron chi connectivity index (χ1n) is 6.28. The third kappa shape index (κ3) is 3.70. The summed E-state index contributed by atoms with van der Waals surface area (Å²) in [4.78, 5) is 0. The maximum Gasteiger partial charge on any atom is 0.0986 e. The van der Waals surface area contributed by atoms with Crippen LogP contribution in [0, 0.1) is 0 Å². The van der Waals surface area contributed by atoms with E-state index in [9.17, 15) is 5.11 Å². The molecule has 4 unspecified atom stereocenters. The summed E-state index contributed by atoms with van der Waals surface area (Å²) in [6, 6.07) is 0.327. The predicted octanol–water partition coefficient (Wildman–Crippen LogP) is 0.929. The molecular weight excluding hydrogens is 206 g/mol. The molecule has 1 fully saturated rings. The molecule has 1 aliphatic rings. The number of aliphatic hydroxyl groups is 1. The minimum atomic E-state index is -0.242. The van der Waals surface area contributed by atoms with Gasteiger partial charge in [-0.25, -0.2) is 0 Å². The molecule has 4 nitrogen and oxygen atoms in total. The van der Waals surface area contributed by atoms with Gasteiger partial charge in [0.25, 0.3) is 0 Å². The molecule has 4 heteroatoms. The molecule has 0 saturated heterocycles. The highest BCUT2D eigenvalue weighted by Crippen LogP contribution is 2.26. The van der Waals surface area contributed by atoms with E-state index in [-0.39, 0.29) is 18.3 Å². The lowest BCUT2D eigenvalue weighted by Gasteiger charge is -2.43. The highest BCUT2D eigenvalue weighted by Gasteiger charge is 2.41. The summed E-state index contributed by atoms with van der Waals surface area (Å²) in [6.45, 7) is 5.46. The number of aliphatic hydroxyl groups excluding tert-OH is 1. The quantitative estimate of drug-likeness (QED) is 0.652. The fourth-order valence-corrected chi connectivity index (χ4v) is 2.20. The van der Waals surface area contributed by atoms with Gasteiger partial charge in [0.05, 0.1) is 18.3 Å². The third-order valence-electron chi connectivity index (χ3n) is 3.14. The van der Waals surface area contributed by atoms with Crippen LogP contribution in [0.5, 0.6) is 0 Å². The molecule has 96 valence electrons. The predicted molar refractivity (Wildman–Crippen MR) is 63.5 cm³/mol. The SMILES string of the molecule is CCCC(O)CNC1CC(OCC)C1OC. The Morgan fingerprint density at radius 1 is 1.44 bits per heavy atom. The number of ether oxygens (including phenoxy) is 2. The van der Waals surface area contributed by atoms with Gasteiger partial charge in [0, 0.05) is 26.3 Å². The van der Waals surface area contributed by atoms with Gasteiger partial charge < -0.3 is 19.9 Å². The van der Waals surface area contributed by atoms with Crippen LogP contribution in [0.15, 0.2) is 0 Å². The van der Waals surface area contributed by atoms with Crippen molar-refractivity contribution in [1.29, 1.82) is 0 Å². The average molecular weight is 231 g/mol. The second kappa shape index (κ2) is 7.22. The van der Waals surface area contributed by atoms with Crippen molar-refractivity contribution in [3.63, 3.8) is 0 Å². The van der Waals surface area contributed by atoms with Crippen molar-refractivity contribution < 1.29 is 14.6 Å². The molecule has 1 rings (SSSR count). The first-order chi connectivity index (χ1) is 7.72. The van der Waals surface area contributed by atoms with E-state index in [1.165, 1.54) is 0 Å². The number of methoxy groups -OCH3 is 1. The normalized spacial score (nSPS) is 31.1. The van der Waals surface area contributed by atoms with E-state index >= 15 is 0 Å². The topological polar surface area (TPSA) is 50.7 Å². The molecule has 0 aromatic rings. The monoisotopic (exact) mass is 231 g/mol. The molecule has 0 heterocycles. The smallest absolute Gasteiger partial charge is 0.0986 e. The summed E-state index contributed by atoms with van der Waals surface area (Å²) < 4.78 is 10.9. The van der Waals surface area contributed by atoms with E-state index < -0.39 is 0 Å². The minimum absolute atomic E-state index is 0.133. The molecule has 0 radical (unpaired) electrons. The Bertz CT molecular complexity index is 189. The second-order valence-corrected chi connectivity index (χ2v) is 4.39. The van der Waals surface area contributed by atoms with Crippen molar-refractivity contribution >= 4 is 0 Å². The van der Waals surface area contributed by atoms with Crippen LogP contribution in [0.25, 0.3) is 0 Å². The van der Waals surface area contributed by atoms with E-state index in [1.54, 1.807) is 7.11 Å². The number of nitrogens with one attached hydrogen (secondary N) is 1. The van der Waals surface area contributed by atoms with Gasteiger partial charge >= 0.3 is 0 Å². The molecular formula is C12H25NO3. The van der Waals surface area contributed by atoms with Crippen molar-refractivity contribution in [2.75, 3.05) is 20.3 Å². The highest BCUT2D eigenvalue weighted by molar-refractivity contribution is 4.97. The zero-order chi connectivity index (χ0) is 12.0. The lowest BCUT2D eigenvalue weighted by atomic mass is 9.85. The van der Waals surface area contributed by atoms with Crippen LogP contribution in [0.1, 0.15) is 33.1 Å². The molecule has 2 N–H and O–H groups in total. The van der Waals surface area contributed by atoms with E-state index in [0.29, 0.717) is 12.6 Å². The zero-order valence-corrected chi connectivity index (χ0v) is 10.6. The number of hydrogen-bond donors (Lipinski definition) is 2. The Balaban J connectivity index is 2.19. The zero-order valence-electron chi connectivity index (χ0n) is 10.6. The Morgan fingerprint density at radius 2 is 2.19 bits per heavy atom. The van der Waals surface area contributed by atoms with Crippen LogP contribution in [0.4, 0.5) is 0 Å². The fourth-order valence-electron chi connectivity index (χ4n) is 2.20. The number of hydrogen-bond acceptors (Lipinski definition) is 4. The minimum Gasteiger partial charge on any atom is -0.392 e. The van der Waals surface area contributed by atoms with Gasteiger partial charge in [0.2, 0.25) is 0 Å². The van der Waals surface area contributed by atoms with Gasteiger partial charge in [-0.1, -0.05) is 13.3 Å². The van der Waals surface area contributed by atoms with Gasteiger partial charge in [-0.05, 0) is 19.8 Å². The van der Waals surface area contributed by atoms with Crippen LogP contribution in [0.2, 0.25) is 0 Å². The van der Waals surface area contributed by atoms with Gasteiger partial charge in [-0.3, -0.25) is 0 Å². The van der Waals surface area contributed by atoms with Crippen molar-refractivity contribution in [1.82, 2.24) is 5.32 Å². The van der Waals surface area contributed by atoms with Crippen molar-refractivity contribution in [2.24, 2.45) is 0 Å². The first kappa shape index (κ1) is 13.9. The van der Waals surface area contributed by atoms with Crippen LogP contribution < -0.4 is 5.32 Å². The van der Waals surface area contributed by atoms with Crippen LogP contribution in [-0.2, 0) is 9.47 Å². The second-order valence-electron chi connectivity index (χ2n) is 4.39. The van der Waals surface area contributed by atoms with Gasteiger partial charge in [0.1, 0.15) is 0 Å². The first-order valence-corrected chi connectivity index (χ1v) is 6.28.